The summed E-state index contributed by atoms with van der Waals surface area (Å²) in [6, 6.07) is 0. The monoisotopic (exact) mass is 296 g/mol. The first-order chi connectivity index (χ1) is 9.70. The van der Waals surface area contributed by atoms with Crippen LogP contribution in [0, 0.1) is 5.92 Å². The Morgan fingerprint density at radius 3 is 1.76 bits per heavy atom. The summed E-state index contributed by atoms with van der Waals surface area (Å²) in [4.78, 5) is 23.8. The minimum Gasteiger partial charge on any atom is -0.419 e. The van der Waals surface area contributed by atoms with Gasteiger partial charge in [-0.25, -0.2) is 9.59 Å². The highest BCUT2D eigenvalue weighted by Crippen LogP contribution is 2.33. The Morgan fingerprint density at radius 2 is 1.48 bits per heavy atom. The minimum atomic E-state index is -1.26. The Balaban J connectivity index is 5.35. The first-order valence-electron chi connectivity index (χ1n) is 7.47. The van der Waals surface area contributed by atoms with Crippen molar-refractivity contribution in [3.8, 4) is 0 Å². The van der Waals surface area contributed by atoms with E-state index in [-0.39, 0.29) is 17.1 Å². The molecule has 0 N–H and O–H groups in total. The largest absolute Gasteiger partial charge is 0.419 e. The van der Waals surface area contributed by atoms with Gasteiger partial charge in [0.25, 0.3) is 5.79 Å². The summed E-state index contributed by atoms with van der Waals surface area (Å²) in [5.74, 6) is -2.46. The fraction of sp³-hybridized carbons (Fsp3) is 0.647. The van der Waals surface area contributed by atoms with E-state index in [0.717, 1.165) is 19.3 Å². The maximum atomic E-state index is 11.9. The van der Waals surface area contributed by atoms with Gasteiger partial charge in [-0.2, -0.15) is 0 Å². The fourth-order valence-corrected chi connectivity index (χ4v) is 1.93. The van der Waals surface area contributed by atoms with E-state index in [1.54, 1.807) is 13.8 Å². The van der Waals surface area contributed by atoms with Crippen LogP contribution in [0.3, 0.4) is 0 Å². The number of rotatable bonds is 9. The molecule has 0 aromatic rings. The lowest BCUT2D eigenvalue weighted by atomic mass is 9.92. The van der Waals surface area contributed by atoms with E-state index >= 15 is 0 Å². The minimum absolute atomic E-state index is 0.103. The molecule has 21 heavy (non-hydrogen) atoms. The van der Waals surface area contributed by atoms with Gasteiger partial charge < -0.3 is 9.47 Å². The van der Waals surface area contributed by atoms with Crippen molar-refractivity contribution in [3.05, 3.63) is 24.3 Å². The predicted octanol–water partition coefficient (Wildman–Crippen LogP) is 4.16. The molecule has 0 rings (SSSR count). The van der Waals surface area contributed by atoms with Crippen molar-refractivity contribution in [2.24, 2.45) is 5.92 Å². The highest BCUT2D eigenvalue weighted by molar-refractivity contribution is 5.89. The summed E-state index contributed by atoms with van der Waals surface area (Å²) in [6.45, 7) is 16.1. The molecule has 0 saturated carbocycles. The number of hydrogen-bond donors (Lipinski definition) is 0. The summed E-state index contributed by atoms with van der Waals surface area (Å²) in [5.41, 5.74) is 0.559. The molecule has 0 aromatic carbocycles. The molecule has 0 aliphatic rings. The molecule has 0 radical (unpaired) electrons. The Bertz CT molecular complexity index is 381. The van der Waals surface area contributed by atoms with Crippen molar-refractivity contribution < 1.29 is 19.1 Å². The predicted molar refractivity (Wildman–Crippen MR) is 83.5 cm³/mol. The standard InChI is InChI=1S/C17H28O4/c1-8-10-11-14(7)17(9-2,20-15(18)12(3)4)21-16(19)13(5)6/h14H,3,5,8-11H2,1-2,4,6-7H3. The average molecular weight is 296 g/mol. The molecule has 0 amide bonds. The molecule has 1 atom stereocenters. The van der Waals surface area contributed by atoms with E-state index in [1.807, 2.05) is 13.8 Å². The molecule has 0 heterocycles. The third-order valence-corrected chi connectivity index (χ3v) is 3.46. The van der Waals surface area contributed by atoms with Crippen molar-refractivity contribution in [1.82, 2.24) is 0 Å². The summed E-state index contributed by atoms with van der Waals surface area (Å²) < 4.78 is 11.0. The Morgan fingerprint density at radius 1 is 1.05 bits per heavy atom. The Hall–Kier alpha value is -1.58. The maximum Gasteiger partial charge on any atom is 0.336 e. The average Bonchev–Trinajstić information content (AvgIpc) is 2.43. The van der Waals surface area contributed by atoms with Crippen LogP contribution in [0.15, 0.2) is 24.3 Å². The first-order valence-corrected chi connectivity index (χ1v) is 7.47. The molecule has 0 aliphatic heterocycles. The van der Waals surface area contributed by atoms with Crippen molar-refractivity contribution in [2.45, 2.75) is 66.1 Å². The van der Waals surface area contributed by atoms with Gasteiger partial charge in [-0.15, -0.1) is 0 Å². The zero-order valence-electron chi connectivity index (χ0n) is 14.0. The summed E-state index contributed by atoms with van der Waals surface area (Å²) in [5, 5.41) is 0. The van der Waals surface area contributed by atoms with Crippen molar-refractivity contribution in [1.29, 1.82) is 0 Å². The molecular weight excluding hydrogens is 268 g/mol. The van der Waals surface area contributed by atoms with Crippen LogP contribution in [0.2, 0.25) is 0 Å². The zero-order chi connectivity index (χ0) is 16.6. The van der Waals surface area contributed by atoms with E-state index in [2.05, 4.69) is 20.1 Å². The number of esters is 2. The van der Waals surface area contributed by atoms with E-state index in [9.17, 15) is 9.59 Å². The summed E-state index contributed by atoms with van der Waals surface area (Å²) >= 11 is 0. The third kappa shape index (κ3) is 5.74. The number of carbonyl (C=O) groups excluding carboxylic acids is 2. The van der Waals surface area contributed by atoms with Crippen molar-refractivity contribution >= 4 is 11.9 Å². The van der Waals surface area contributed by atoms with Gasteiger partial charge in [0.2, 0.25) is 0 Å². The van der Waals surface area contributed by atoms with Gasteiger partial charge in [0.15, 0.2) is 0 Å². The molecule has 0 aliphatic carbocycles. The van der Waals surface area contributed by atoms with Gasteiger partial charge in [0, 0.05) is 23.5 Å². The second kappa shape index (κ2) is 8.65. The zero-order valence-corrected chi connectivity index (χ0v) is 14.0. The van der Waals surface area contributed by atoms with Gasteiger partial charge in [0.05, 0.1) is 0 Å². The maximum absolute atomic E-state index is 11.9. The Kier molecular flexibility index (Phi) is 8.00. The summed E-state index contributed by atoms with van der Waals surface area (Å²) in [6.07, 6.45) is 3.18. The van der Waals surface area contributed by atoms with Gasteiger partial charge in [-0.3, -0.25) is 0 Å². The van der Waals surface area contributed by atoms with Crippen LogP contribution in [-0.4, -0.2) is 17.7 Å². The highest BCUT2D eigenvalue weighted by Gasteiger charge is 2.42. The Labute approximate surface area is 128 Å². The molecule has 4 nitrogen and oxygen atoms in total. The van der Waals surface area contributed by atoms with E-state index in [1.165, 1.54) is 0 Å². The lowest BCUT2D eigenvalue weighted by Gasteiger charge is -2.37. The molecule has 0 spiro atoms. The molecule has 0 aromatic heterocycles. The van der Waals surface area contributed by atoms with E-state index < -0.39 is 17.7 Å². The van der Waals surface area contributed by atoms with Crippen LogP contribution in [0.4, 0.5) is 0 Å². The number of unbranched alkanes of at least 4 members (excludes halogenated alkanes) is 1. The first kappa shape index (κ1) is 19.4. The van der Waals surface area contributed by atoms with Crippen molar-refractivity contribution in [2.75, 3.05) is 0 Å². The third-order valence-electron chi connectivity index (χ3n) is 3.46. The topological polar surface area (TPSA) is 52.6 Å². The fourth-order valence-electron chi connectivity index (χ4n) is 1.93. The van der Waals surface area contributed by atoms with Gasteiger partial charge in [-0.1, -0.05) is 46.8 Å². The number of hydrogen-bond acceptors (Lipinski definition) is 4. The van der Waals surface area contributed by atoms with Gasteiger partial charge in [-0.05, 0) is 20.3 Å². The van der Waals surface area contributed by atoms with Crippen LogP contribution < -0.4 is 0 Å². The lowest BCUT2D eigenvalue weighted by molar-refractivity contribution is -0.244. The molecule has 4 heteroatoms. The normalized spacial score (nSPS) is 12.4. The molecular formula is C17H28O4. The number of carbonyl (C=O) groups is 2. The van der Waals surface area contributed by atoms with Gasteiger partial charge in [0.1, 0.15) is 0 Å². The van der Waals surface area contributed by atoms with E-state index in [4.69, 9.17) is 9.47 Å². The lowest BCUT2D eigenvalue weighted by Crippen LogP contribution is -2.45. The summed E-state index contributed by atoms with van der Waals surface area (Å²) in [7, 11) is 0. The van der Waals surface area contributed by atoms with Crippen LogP contribution >= 0.6 is 0 Å². The second-order valence-corrected chi connectivity index (χ2v) is 5.55. The van der Waals surface area contributed by atoms with Crippen LogP contribution in [0.5, 0.6) is 0 Å². The van der Waals surface area contributed by atoms with Crippen LogP contribution in [-0.2, 0) is 19.1 Å². The molecule has 0 saturated heterocycles. The van der Waals surface area contributed by atoms with Crippen LogP contribution in [0.1, 0.15) is 60.3 Å². The quantitative estimate of drug-likeness (QED) is 0.364. The number of ether oxygens (including phenoxy) is 2. The molecule has 0 bridgehead atoms. The van der Waals surface area contributed by atoms with Crippen molar-refractivity contribution in [3.63, 3.8) is 0 Å². The molecule has 1 unspecified atom stereocenters. The van der Waals surface area contributed by atoms with E-state index in [0.29, 0.717) is 6.42 Å². The second-order valence-electron chi connectivity index (χ2n) is 5.55. The molecule has 120 valence electrons. The molecule has 0 fully saturated rings. The van der Waals surface area contributed by atoms with Gasteiger partial charge >= 0.3 is 11.9 Å². The smallest absolute Gasteiger partial charge is 0.336 e. The highest BCUT2D eigenvalue weighted by atomic mass is 16.7. The SMILES string of the molecule is C=C(C)C(=O)OC(CC)(OC(=O)C(=C)C)C(C)CCCC. The van der Waals surface area contributed by atoms with Crippen LogP contribution in [0.25, 0.3) is 0 Å².